The Morgan fingerprint density at radius 2 is 1.86 bits per heavy atom. The van der Waals surface area contributed by atoms with Gasteiger partial charge >= 0.3 is 0 Å². The maximum atomic E-state index is 13.1. The molecule has 1 fully saturated rings. The molecule has 1 amide bonds. The van der Waals surface area contributed by atoms with Crippen LogP contribution in [0, 0.1) is 5.92 Å². The van der Waals surface area contributed by atoms with Crippen LogP contribution in [0.4, 0.5) is 0 Å². The van der Waals surface area contributed by atoms with Crippen LogP contribution in [0.25, 0.3) is 0 Å². The summed E-state index contributed by atoms with van der Waals surface area (Å²) in [6.45, 7) is 2.29. The van der Waals surface area contributed by atoms with E-state index in [0.717, 1.165) is 36.5 Å². The lowest BCUT2D eigenvalue weighted by Crippen LogP contribution is -2.37. The lowest BCUT2D eigenvalue weighted by Gasteiger charge is -2.25. The van der Waals surface area contributed by atoms with Crippen LogP contribution in [0.2, 0.25) is 10.0 Å². The van der Waals surface area contributed by atoms with Gasteiger partial charge in [-0.2, -0.15) is 4.31 Å². The van der Waals surface area contributed by atoms with Gasteiger partial charge in [0.2, 0.25) is 15.9 Å². The van der Waals surface area contributed by atoms with Crippen LogP contribution in [-0.4, -0.2) is 69.1 Å². The summed E-state index contributed by atoms with van der Waals surface area (Å²) in [5.41, 5.74) is 2.23. The van der Waals surface area contributed by atoms with Crippen molar-refractivity contribution >= 4 is 45.0 Å². The lowest BCUT2D eigenvalue weighted by atomic mass is 10.1. The van der Waals surface area contributed by atoms with E-state index in [2.05, 4.69) is 34.6 Å². The zero-order chi connectivity index (χ0) is 25.2. The summed E-state index contributed by atoms with van der Waals surface area (Å²) in [4.78, 5) is 19.3. The van der Waals surface area contributed by atoms with Crippen LogP contribution in [0.3, 0.4) is 0 Å². The summed E-state index contributed by atoms with van der Waals surface area (Å²) in [5.74, 6) is 0.788. The van der Waals surface area contributed by atoms with Crippen molar-refractivity contribution in [1.29, 1.82) is 0 Å². The van der Waals surface area contributed by atoms with E-state index in [-0.39, 0.29) is 32.8 Å². The lowest BCUT2D eigenvalue weighted by molar-refractivity contribution is -0.134. The monoisotopic (exact) mass is 536 g/mol. The number of benzene rings is 2. The molecule has 0 unspecified atom stereocenters. The standard InChI is InChI=1S/C25H30Cl2N4O3S/c1-30(15-12-17-6-8-18(9-7-17)24-28-13-14-29-24)25(32)19-10-11-20(16-19)31(2)35(33,34)22-5-3-4-21(26)23(22)27/h3-9,19-20H,10-16H2,1-2H3,(H,28,29)/t19-,20+/m1/s1. The number of aliphatic imine (C=N–C) groups is 1. The molecule has 0 radical (unpaired) electrons. The molecule has 1 aliphatic carbocycles. The van der Waals surface area contributed by atoms with Gasteiger partial charge in [-0.3, -0.25) is 9.79 Å². The third kappa shape index (κ3) is 5.66. The van der Waals surface area contributed by atoms with Crippen LogP contribution in [0.1, 0.15) is 30.4 Å². The Morgan fingerprint density at radius 3 is 2.54 bits per heavy atom. The van der Waals surface area contributed by atoms with E-state index in [4.69, 9.17) is 23.2 Å². The van der Waals surface area contributed by atoms with Crippen LogP contribution in [-0.2, 0) is 21.2 Å². The van der Waals surface area contributed by atoms with Crippen LogP contribution in [0.5, 0.6) is 0 Å². The van der Waals surface area contributed by atoms with Crippen molar-refractivity contribution in [3.63, 3.8) is 0 Å². The number of hydrogen-bond donors (Lipinski definition) is 1. The molecule has 2 aromatic carbocycles. The average molecular weight is 538 g/mol. The molecule has 2 aromatic rings. The Morgan fingerprint density at radius 1 is 1.11 bits per heavy atom. The second-order valence-electron chi connectivity index (χ2n) is 9.10. The first-order valence-corrected chi connectivity index (χ1v) is 13.9. The molecule has 4 rings (SSSR count). The fraction of sp³-hybridized carbons (Fsp3) is 0.440. The summed E-state index contributed by atoms with van der Waals surface area (Å²) >= 11 is 12.2. The third-order valence-electron chi connectivity index (χ3n) is 6.86. The minimum Gasteiger partial charge on any atom is -0.368 e. The molecular formula is C25H30Cl2N4O3S. The number of rotatable bonds is 8. The van der Waals surface area contributed by atoms with Gasteiger partial charge in [-0.05, 0) is 43.4 Å². The number of sulfonamides is 1. The zero-order valence-corrected chi connectivity index (χ0v) is 22.2. The number of halogens is 2. The molecule has 35 heavy (non-hydrogen) atoms. The molecular weight excluding hydrogens is 507 g/mol. The van der Waals surface area contributed by atoms with E-state index in [0.29, 0.717) is 25.8 Å². The summed E-state index contributed by atoms with van der Waals surface area (Å²) in [7, 11) is -0.463. The normalized spacial score (nSPS) is 20.1. The van der Waals surface area contributed by atoms with Gasteiger partial charge in [0.05, 0.1) is 16.6 Å². The second kappa shape index (κ2) is 10.9. The van der Waals surface area contributed by atoms with Gasteiger partial charge in [0, 0.05) is 44.7 Å². The van der Waals surface area contributed by atoms with Gasteiger partial charge in [-0.1, -0.05) is 53.5 Å². The first kappa shape index (κ1) is 25.9. The molecule has 1 heterocycles. The van der Waals surface area contributed by atoms with E-state index >= 15 is 0 Å². The number of carbonyl (C=O) groups is 1. The van der Waals surface area contributed by atoms with Crippen LogP contribution < -0.4 is 5.32 Å². The zero-order valence-electron chi connectivity index (χ0n) is 19.9. The molecule has 2 atom stereocenters. The minimum absolute atomic E-state index is 0.0112. The Balaban J connectivity index is 1.32. The van der Waals surface area contributed by atoms with Gasteiger partial charge in [0.1, 0.15) is 10.7 Å². The third-order valence-corrected chi connectivity index (χ3v) is 9.74. The van der Waals surface area contributed by atoms with E-state index in [1.165, 1.54) is 10.4 Å². The van der Waals surface area contributed by atoms with Crippen molar-refractivity contribution in [2.75, 3.05) is 33.7 Å². The molecule has 0 bridgehead atoms. The SMILES string of the molecule is CN(CCc1ccc(C2=NCCN2)cc1)C(=O)[C@@H]1CC[C@H](N(C)S(=O)(=O)c2cccc(Cl)c2Cl)C1. The highest BCUT2D eigenvalue weighted by atomic mass is 35.5. The fourth-order valence-electron chi connectivity index (χ4n) is 4.69. The smallest absolute Gasteiger partial charge is 0.244 e. The maximum absolute atomic E-state index is 13.1. The molecule has 2 aliphatic rings. The molecule has 1 saturated carbocycles. The van der Waals surface area contributed by atoms with Crippen LogP contribution >= 0.6 is 23.2 Å². The highest BCUT2D eigenvalue weighted by Gasteiger charge is 2.38. The predicted octanol–water partition coefficient (Wildman–Crippen LogP) is 3.83. The largest absolute Gasteiger partial charge is 0.368 e. The molecule has 1 N–H and O–H groups in total. The van der Waals surface area contributed by atoms with Crippen molar-refractivity contribution < 1.29 is 13.2 Å². The Hall–Kier alpha value is -2.13. The second-order valence-corrected chi connectivity index (χ2v) is 11.9. The number of hydrogen-bond acceptors (Lipinski definition) is 5. The molecule has 7 nitrogen and oxygen atoms in total. The number of carbonyl (C=O) groups excluding carboxylic acids is 1. The Kier molecular flexibility index (Phi) is 8.06. The summed E-state index contributed by atoms with van der Waals surface area (Å²) in [5, 5.41) is 3.48. The fourth-order valence-corrected chi connectivity index (χ4v) is 6.82. The van der Waals surface area contributed by atoms with Gasteiger partial charge in [-0.25, -0.2) is 8.42 Å². The van der Waals surface area contributed by atoms with Crippen molar-refractivity contribution in [2.45, 2.75) is 36.6 Å². The quantitative estimate of drug-likeness (QED) is 0.555. The number of amides is 1. The van der Waals surface area contributed by atoms with Gasteiger partial charge in [0.15, 0.2) is 0 Å². The maximum Gasteiger partial charge on any atom is 0.244 e. The highest BCUT2D eigenvalue weighted by molar-refractivity contribution is 7.89. The number of nitrogens with zero attached hydrogens (tertiary/aromatic N) is 3. The first-order valence-electron chi connectivity index (χ1n) is 11.7. The minimum atomic E-state index is -3.82. The van der Waals surface area contributed by atoms with Crippen molar-refractivity contribution in [3.8, 4) is 0 Å². The highest BCUT2D eigenvalue weighted by Crippen LogP contribution is 2.36. The van der Waals surface area contributed by atoms with Gasteiger partial charge in [0.25, 0.3) is 0 Å². The Bertz CT molecular complexity index is 1220. The molecule has 0 saturated heterocycles. The molecule has 0 spiro atoms. The van der Waals surface area contributed by atoms with Crippen molar-refractivity contribution in [3.05, 3.63) is 63.6 Å². The van der Waals surface area contributed by atoms with Crippen molar-refractivity contribution in [1.82, 2.24) is 14.5 Å². The van der Waals surface area contributed by atoms with Gasteiger partial charge < -0.3 is 10.2 Å². The molecule has 0 aromatic heterocycles. The Labute approximate surface area is 217 Å². The van der Waals surface area contributed by atoms with E-state index in [9.17, 15) is 13.2 Å². The summed E-state index contributed by atoms with van der Waals surface area (Å²) in [6.07, 6.45) is 2.51. The van der Waals surface area contributed by atoms with E-state index in [1.54, 1.807) is 24.1 Å². The first-order chi connectivity index (χ1) is 16.7. The molecule has 188 valence electrons. The van der Waals surface area contributed by atoms with E-state index in [1.807, 2.05) is 7.05 Å². The molecule has 10 heteroatoms. The van der Waals surface area contributed by atoms with E-state index < -0.39 is 10.0 Å². The van der Waals surface area contributed by atoms with Crippen molar-refractivity contribution in [2.24, 2.45) is 10.9 Å². The summed E-state index contributed by atoms with van der Waals surface area (Å²) < 4.78 is 27.6. The summed E-state index contributed by atoms with van der Waals surface area (Å²) in [6, 6.07) is 12.6. The van der Waals surface area contributed by atoms with Gasteiger partial charge in [-0.15, -0.1) is 0 Å². The predicted molar refractivity (Wildman–Crippen MR) is 140 cm³/mol. The topological polar surface area (TPSA) is 82.1 Å². The molecule has 1 aliphatic heterocycles. The number of nitrogens with one attached hydrogen (secondary N) is 1. The average Bonchev–Trinajstić information content (AvgIpc) is 3.56. The van der Waals surface area contributed by atoms with Crippen LogP contribution in [0.15, 0.2) is 52.4 Å². The number of likely N-dealkylation sites (N-methyl/N-ethyl adjacent to an activating group) is 1. The number of amidine groups is 1.